The third-order valence-electron chi connectivity index (χ3n) is 3.10. The van der Waals surface area contributed by atoms with Gasteiger partial charge in [-0.3, -0.25) is 0 Å². The van der Waals surface area contributed by atoms with Gasteiger partial charge in [0.2, 0.25) is 0 Å². The molecule has 96 valence electrons. The first-order valence-electron chi connectivity index (χ1n) is 5.74. The van der Waals surface area contributed by atoms with E-state index in [-0.39, 0.29) is 5.82 Å². The SMILES string of the molecule is Cn1c(-c2ccc(F)cc2N)nc2cccc(Cl)c21. The van der Waals surface area contributed by atoms with Crippen LogP contribution in [-0.4, -0.2) is 9.55 Å². The highest BCUT2D eigenvalue weighted by Gasteiger charge is 2.14. The molecule has 2 aromatic carbocycles. The van der Waals surface area contributed by atoms with Crippen molar-refractivity contribution in [2.75, 3.05) is 5.73 Å². The molecule has 0 fully saturated rings. The fraction of sp³-hybridized carbons (Fsp3) is 0.0714. The molecule has 1 heterocycles. The maximum Gasteiger partial charge on any atom is 0.142 e. The van der Waals surface area contributed by atoms with Crippen molar-refractivity contribution in [3.63, 3.8) is 0 Å². The van der Waals surface area contributed by atoms with Gasteiger partial charge in [0.15, 0.2) is 0 Å². The number of nitrogens with two attached hydrogens (primary N) is 1. The van der Waals surface area contributed by atoms with E-state index in [1.807, 2.05) is 29.8 Å². The molecule has 0 aliphatic rings. The van der Waals surface area contributed by atoms with E-state index in [0.717, 1.165) is 11.0 Å². The average molecular weight is 276 g/mol. The number of hydrogen-bond donors (Lipinski definition) is 1. The molecule has 2 N–H and O–H groups in total. The number of benzene rings is 2. The van der Waals surface area contributed by atoms with Gasteiger partial charge in [-0.15, -0.1) is 0 Å². The summed E-state index contributed by atoms with van der Waals surface area (Å²) < 4.78 is 15.0. The van der Waals surface area contributed by atoms with Gasteiger partial charge in [-0.2, -0.15) is 0 Å². The molecule has 5 heteroatoms. The number of imidazole rings is 1. The van der Waals surface area contributed by atoms with Crippen molar-refractivity contribution in [2.24, 2.45) is 7.05 Å². The number of fused-ring (bicyclic) bond motifs is 1. The van der Waals surface area contributed by atoms with Gasteiger partial charge >= 0.3 is 0 Å². The number of para-hydroxylation sites is 1. The molecule has 3 rings (SSSR count). The molecule has 0 saturated heterocycles. The molecule has 0 bridgehead atoms. The van der Waals surface area contributed by atoms with Gasteiger partial charge in [0.1, 0.15) is 11.6 Å². The molecule has 3 nitrogen and oxygen atoms in total. The summed E-state index contributed by atoms with van der Waals surface area (Å²) in [6.45, 7) is 0. The number of aromatic nitrogens is 2. The van der Waals surface area contributed by atoms with Crippen molar-refractivity contribution in [3.05, 3.63) is 47.2 Å². The van der Waals surface area contributed by atoms with Gasteiger partial charge in [-0.05, 0) is 30.3 Å². The number of nitrogens with zero attached hydrogens (tertiary/aromatic N) is 2. The van der Waals surface area contributed by atoms with Crippen LogP contribution in [0.2, 0.25) is 5.02 Å². The second-order valence-corrected chi connectivity index (χ2v) is 4.74. The highest BCUT2D eigenvalue weighted by molar-refractivity contribution is 6.35. The Morgan fingerprint density at radius 1 is 1.26 bits per heavy atom. The Morgan fingerprint density at radius 3 is 2.74 bits per heavy atom. The highest BCUT2D eigenvalue weighted by atomic mass is 35.5. The fourth-order valence-electron chi connectivity index (χ4n) is 2.20. The van der Waals surface area contributed by atoms with Crippen LogP contribution in [0.15, 0.2) is 36.4 Å². The molecule has 0 aliphatic heterocycles. The van der Waals surface area contributed by atoms with Gasteiger partial charge in [-0.1, -0.05) is 17.7 Å². The van der Waals surface area contributed by atoms with Gasteiger partial charge in [0.25, 0.3) is 0 Å². The number of nitrogen functional groups attached to an aromatic ring is 1. The van der Waals surface area contributed by atoms with E-state index in [1.165, 1.54) is 12.1 Å². The molecule has 1 aromatic heterocycles. The first-order valence-corrected chi connectivity index (χ1v) is 6.12. The minimum Gasteiger partial charge on any atom is -0.398 e. The summed E-state index contributed by atoms with van der Waals surface area (Å²) in [5.74, 6) is 0.304. The van der Waals surface area contributed by atoms with E-state index in [9.17, 15) is 4.39 Å². The Balaban J connectivity index is 2.31. The van der Waals surface area contributed by atoms with Crippen molar-refractivity contribution in [1.29, 1.82) is 0 Å². The van der Waals surface area contributed by atoms with Crippen molar-refractivity contribution >= 4 is 28.3 Å². The molecule has 0 radical (unpaired) electrons. The number of anilines is 1. The van der Waals surface area contributed by atoms with E-state index in [4.69, 9.17) is 17.3 Å². The van der Waals surface area contributed by atoms with Gasteiger partial charge in [-0.25, -0.2) is 9.37 Å². The standard InChI is InChI=1S/C14H11ClFN3/c1-19-13-10(15)3-2-4-12(13)18-14(19)9-6-5-8(16)7-11(9)17/h2-7H,17H2,1H3. The monoisotopic (exact) mass is 275 g/mol. The topological polar surface area (TPSA) is 43.8 Å². The second kappa shape index (κ2) is 4.24. The summed E-state index contributed by atoms with van der Waals surface area (Å²) in [4.78, 5) is 4.51. The van der Waals surface area contributed by atoms with E-state index < -0.39 is 0 Å². The van der Waals surface area contributed by atoms with Crippen molar-refractivity contribution in [3.8, 4) is 11.4 Å². The normalized spacial score (nSPS) is 11.1. The Labute approximate surface area is 114 Å². The predicted molar refractivity (Wildman–Crippen MR) is 75.5 cm³/mol. The zero-order chi connectivity index (χ0) is 13.6. The van der Waals surface area contributed by atoms with Crippen LogP contribution in [-0.2, 0) is 7.05 Å². The summed E-state index contributed by atoms with van der Waals surface area (Å²) in [6, 6.07) is 9.81. The third-order valence-corrected chi connectivity index (χ3v) is 3.40. The van der Waals surface area contributed by atoms with Crippen molar-refractivity contribution in [2.45, 2.75) is 0 Å². The quantitative estimate of drug-likeness (QED) is 0.690. The number of rotatable bonds is 1. The number of aryl methyl sites for hydroxylation is 1. The summed E-state index contributed by atoms with van der Waals surface area (Å²) >= 11 is 6.18. The summed E-state index contributed by atoms with van der Waals surface area (Å²) in [5.41, 5.74) is 8.52. The van der Waals surface area contributed by atoms with Crippen molar-refractivity contribution in [1.82, 2.24) is 9.55 Å². The third kappa shape index (κ3) is 1.85. The molecule has 0 aliphatic carbocycles. The molecule has 0 amide bonds. The maximum absolute atomic E-state index is 13.1. The molecule has 0 unspecified atom stereocenters. The van der Waals surface area contributed by atoms with Gasteiger partial charge < -0.3 is 10.3 Å². The van der Waals surface area contributed by atoms with Crippen LogP contribution in [0.5, 0.6) is 0 Å². The van der Waals surface area contributed by atoms with Crippen LogP contribution in [0.4, 0.5) is 10.1 Å². The van der Waals surface area contributed by atoms with Gasteiger partial charge in [0.05, 0.1) is 16.1 Å². The van der Waals surface area contributed by atoms with E-state index in [0.29, 0.717) is 22.1 Å². The zero-order valence-electron chi connectivity index (χ0n) is 10.2. The molecular formula is C14H11ClFN3. The minimum absolute atomic E-state index is 0.356. The smallest absolute Gasteiger partial charge is 0.142 e. The van der Waals surface area contributed by atoms with Crippen LogP contribution in [0.1, 0.15) is 0 Å². The molecule has 19 heavy (non-hydrogen) atoms. The molecule has 3 aromatic rings. The van der Waals surface area contributed by atoms with Crippen LogP contribution in [0.25, 0.3) is 22.4 Å². The van der Waals surface area contributed by atoms with Crippen molar-refractivity contribution < 1.29 is 4.39 Å². The average Bonchev–Trinajstić information content (AvgIpc) is 2.68. The molecule has 0 atom stereocenters. The lowest BCUT2D eigenvalue weighted by molar-refractivity contribution is 0.628. The molecule has 0 saturated carbocycles. The Kier molecular flexibility index (Phi) is 2.68. The molecular weight excluding hydrogens is 265 g/mol. The van der Waals surface area contributed by atoms with Crippen LogP contribution in [0, 0.1) is 5.82 Å². The Hall–Kier alpha value is -2.07. The molecule has 0 spiro atoms. The highest BCUT2D eigenvalue weighted by Crippen LogP contribution is 2.31. The van der Waals surface area contributed by atoms with Crippen LogP contribution >= 0.6 is 11.6 Å². The summed E-state index contributed by atoms with van der Waals surface area (Å²) in [7, 11) is 1.86. The van der Waals surface area contributed by atoms with E-state index in [2.05, 4.69) is 4.98 Å². The second-order valence-electron chi connectivity index (χ2n) is 4.33. The zero-order valence-corrected chi connectivity index (χ0v) is 10.9. The minimum atomic E-state index is -0.363. The predicted octanol–water partition coefficient (Wildman–Crippen LogP) is 3.62. The van der Waals surface area contributed by atoms with Crippen LogP contribution < -0.4 is 5.73 Å². The fourth-order valence-corrected chi connectivity index (χ4v) is 2.50. The summed E-state index contributed by atoms with van der Waals surface area (Å²) in [6.07, 6.45) is 0. The lowest BCUT2D eigenvalue weighted by Crippen LogP contribution is -1.97. The maximum atomic E-state index is 13.1. The first kappa shape index (κ1) is 12.0. The Morgan fingerprint density at radius 2 is 2.05 bits per heavy atom. The van der Waals surface area contributed by atoms with E-state index >= 15 is 0 Å². The first-order chi connectivity index (χ1) is 9.08. The lowest BCUT2D eigenvalue weighted by Gasteiger charge is -2.06. The summed E-state index contributed by atoms with van der Waals surface area (Å²) in [5, 5.41) is 0.624. The van der Waals surface area contributed by atoms with Gasteiger partial charge in [0, 0.05) is 18.3 Å². The van der Waals surface area contributed by atoms with Crippen LogP contribution in [0.3, 0.4) is 0 Å². The Bertz CT molecular complexity index is 780. The number of halogens is 2. The number of hydrogen-bond acceptors (Lipinski definition) is 2. The van der Waals surface area contributed by atoms with E-state index in [1.54, 1.807) is 6.07 Å². The largest absolute Gasteiger partial charge is 0.398 e. The lowest BCUT2D eigenvalue weighted by atomic mass is 10.1.